The van der Waals surface area contributed by atoms with Crippen molar-refractivity contribution in [1.82, 2.24) is 29.6 Å². The van der Waals surface area contributed by atoms with Crippen molar-refractivity contribution in [3.05, 3.63) is 60.0 Å². The smallest absolute Gasteiger partial charge is 0.410 e. The number of amides is 2. The van der Waals surface area contributed by atoms with Gasteiger partial charge in [0.25, 0.3) is 5.91 Å². The lowest BCUT2D eigenvalue weighted by Gasteiger charge is -2.34. The van der Waals surface area contributed by atoms with Gasteiger partial charge >= 0.3 is 6.09 Å². The third-order valence-electron chi connectivity index (χ3n) is 6.49. The average Bonchev–Trinajstić information content (AvgIpc) is 3.29. The van der Waals surface area contributed by atoms with Crippen LogP contribution in [0.2, 0.25) is 0 Å². The number of carbonyl (C=O) groups excluding carboxylic acids is 2. The largest absolute Gasteiger partial charge is 0.444 e. The second-order valence-corrected chi connectivity index (χ2v) is 10.7. The molecule has 0 aliphatic carbocycles. The van der Waals surface area contributed by atoms with Crippen LogP contribution in [0.3, 0.4) is 0 Å². The molecule has 11 heteroatoms. The molecule has 1 aliphatic rings. The number of aromatic nitrogens is 5. The zero-order valence-corrected chi connectivity index (χ0v) is 22.5. The minimum atomic E-state index is -0.573. The summed E-state index contributed by atoms with van der Waals surface area (Å²) >= 11 is 0. The van der Waals surface area contributed by atoms with Crippen molar-refractivity contribution in [3.63, 3.8) is 0 Å². The fourth-order valence-electron chi connectivity index (χ4n) is 4.67. The van der Waals surface area contributed by atoms with Crippen molar-refractivity contribution in [1.29, 1.82) is 0 Å². The number of nitrogens with two attached hydrogens (primary N) is 1. The van der Waals surface area contributed by atoms with Gasteiger partial charge < -0.3 is 20.7 Å². The Morgan fingerprint density at radius 1 is 1.10 bits per heavy atom. The first-order chi connectivity index (χ1) is 18.6. The SMILES string of the molecule is Cc1ccnc(NC(=O)c2ccc(-c3nn([C@@H]4CCCN(C(=O)OC(C)(C)C)C4)c4ncnc(N)c34)cc2)c1. The summed E-state index contributed by atoms with van der Waals surface area (Å²) in [6.07, 6.45) is 4.36. The van der Waals surface area contributed by atoms with Crippen molar-refractivity contribution in [2.75, 3.05) is 24.1 Å². The Labute approximate surface area is 226 Å². The molecule has 4 aromatic rings. The molecule has 3 aromatic heterocycles. The fraction of sp³-hybridized carbons (Fsp3) is 0.357. The molecule has 1 saturated heterocycles. The van der Waals surface area contributed by atoms with Gasteiger partial charge in [0, 0.05) is 30.4 Å². The molecule has 3 N–H and O–H groups in total. The Hall–Kier alpha value is -4.54. The number of carbonyl (C=O) groups is 2. The zero-order chi connectivity index (χ0) is 27.7. The van der Waals surface area contributed by atoms with Crippen LogP contribution >= 0.6 is 0 Å². The minimum absolute atomic E-state index is 0.108. The molecule has 0 unspecified atom stereocenters. The molecule has 5 rings (SSSR count). The van der Waals surface area contributed by atoms with Crippen LogP contribution in [0, 0.1) is 6.92 Å². The molecule has 0 spiro atoms. The predicted molar refractivity (Wildman–Crippen MR) is 148 cm³/mol. The number of ether oxygens (including phenoxy) is 1. The Kier molecular flexibility index (Phi) is 6.90. The molecule has 11 nitrogen and oxygen atoms in total. The number of nitrogens with one attached hydrogen (secondary N) is 1. The Morgan fingerprint density at radius 3 is 2.59 bits per heavy atom. The van der Waals surface area contributed by atoms with Crippen LogP contribution in [-0.2, 0) is 4.74 Å². The summed E-state index contributed by atoms with van der Waals surface area (Å²) in [5, 5.41) is 8.36. The maximum Gasteiger partial charge on any atom is 0.410 e. The van der Waals surface area contributed by atoms with Crippen molar-refractivity contribution >= 4 is 34.7 Å². The molecule has 1 fully saturated rings. The summed E-state index contributed by atoms with van der Waals surface area (Å²) in [6.45, 7) is 8.57. The van der Waals surface area contributed by atoms with E-state index in [0.29, 0.717) is 47.0 Å². The number of nitrogen functional groups attached to an aromatic ring is 1. The lowest BCUT2D eigenvalue weighted by molar-refractivity contribution is 0.0169. The van der Waals surface area contributed by atoms with Gasteiger partial charge in [0.15, 0.2) is 5.65 Å². The second-order valence-electron chi connectivity index (χ2n) is 10.7. The van der Waals surface area contributed by atoms with Gasteiger partial charge in [-0.3, -0.25) is 4.79 Å². The maximum absolute atomic E-state index is 12.8. The van der Waals surface area contributed by atoms with E-state index in [4.69, 9.17) is 15.6 Å². The minimum Gasteiger partial charge on any atom is -0.444 e. The van der Waals surface area contributed by atoms with E-state index < -0.39 is 5.60 Å². The summed E-state index contributed by atoms with van der Waals surface area (Å²) in [7, 11) is 0. The molecule has 2 amide bonds. The van der Waals surface area contributed by atoms with Gasteiger partial charge in [-0.25, -0.2) is 24.4 Å². The van der Waals surface area contributed by atoms with Crippen LogP contribution in [0.5, 0.6) is 0 Å². The van der Waals surface area contributed by atoms with Crippen LogP contribution in [0.25, 0.3) is 22.3 Å². The van der Waals surface area contributed by atoms with Crippen molar-refractivity contribution in [2.24, 2.45) is 0 Å². The third kappa shape index (κ3) is 5.66. The monoisotopic (exact) mass is 528 g/mol. The molecular weight excluding hydrogens is 496 g/mol. The molecule has 0 saturated carbocycles. The molecule has 1 aliphatic heterocycles. The van der Waals surface area contributed by atoms with E-state index in [1.54, 1.807) is 23.2 Å². The van der Waals surface area contributed by atoms with Gasteiger partial charge in [-0.1, -0.05) is 12.1 Å². The number of hydrogen-bond acceptors (Lipinski definition) is 8. The zero-order valence-electron chi connectivity index (χ0n) is 22.5. The highest BCUT2D eigenvalue weighted by Crippen LogP contribution is 2.34. The van der Waals surface area contributed by atoms with E-state index in [9.17, 15) is 9.59 Å². The number of fused-ring (bicyclic) bond motifs is 1. The summed E-state index contributed by atoms with van der Waals surface area (Å²) in [6, 6.07) is 10.7. The highest BCUT2D eigenvalue weighted by Gasteiger charge is 2.31. The standard InChI is InChI=1S/C28H32N8O3/c1-17-11-12-30-21(14-17)33-26(37)19-9-7-18(8-10-19)23-22-24(29)31-16-32-25(22)36(34-23)20-6-5-13-35(15-20)27(38)39-28(2,3)4/h7-12,14,16,20H,5-6,13,15H2,1-4H3,(H2,29,31,32)(H,30,33,37)/t20-/m1/s1. The van der Waals surface area contributed by atoms with Crippen LogP contribution in [0.15, 0.2) is 48.9 Å². The first kappa shape index (κ1) is 26.1. The lowest BCUT2D eigenvalue weighted by Crippen LogP contribution is -2.43. The van der Waals surface area contributed by atoms with Crippen molar-refractivity contribution < 1.29 is 14.3 Å². The second kappa shape index (κ2) is 10.3. The van der Waals surface area contributed by atoms with Gasteiger partial charge in [0.05, 0.1) is 11.4 Å². The number of benzene rings is 1. The van der Waals surface area contributed by atoms with Gasteiger partial charge in [-0.05, 0) is 70.4 Å². The number of nitrogens with zero attached hydrogens (tertiary/aromatic N) is 6. The quantitative estimate of drug-likeness (QED) is 0.391. The Bertz CT molecular complexity index is 1520. The highest BCUT2D eigenvalue weighted by molar-refractivity contribution is 6.04. The maximum atomic E-state index is 12.8. The van der Waals surface area contributed by atoms with Crippen molar-refractivity contribution in [3.8, 4) is 11.3 Å². The molecule has 39 heavy (non-hydrogen) atoms. The lowest BCUT2D eigenvalue weighted by atomic mass is 10.1. The topological polar surface area (TPSA) is 141 Å². The molecular formula is C28H32N8O3. The van der Waals surface area contributed by atoms with E-state index in [1.807, 2.05) is 56.6 Å². The number of likely N-dealkylation sites (tertiary alicyclic amines) is 1. The highest BCUT2D eigenvalue weighted by atomic mass is 16.6. The van der Waals surface area contributed by atoms with Gasteiger partial charge in [-0.15, -0.1) is 0 Å². The number of rotatable bonds is 4. The molecule has 202 valence electrons. The number of anilines is 2. The third-order valence-corrected chi connectivity index (χ3v) is 6.49. The summed E-state index contributed by atoms with van der Waals surface area (Å²) in [4.78, 5) is 40.1. The Balaban J connectivity index is 1.43. The van der Waals surface area contributed by atoms with Crippen LogP contribution in [0.1, 0.15) is 55.6 Å². The molecule has 4 heterocycles. The summed E-state index contributed by atoms with van der Waals surface area (Å²) < 4.78 is 7.43. The Morgan fingerprint density at radius 2 is 1.87 bits per heavy atom. The van der Waals surface area contributed by atoms with E-state index in [2.05, 4.69) is 20.3 Å². The van der Waals surface area contributed by atoms with Crippen LogP contribution in [0.4, 0.5) is 16.4 Å². The van der Waals surface area contributed by atoms with Crippen molar-refractivity contribution in [2.45, 2.75) is 52.2 Å². The van der Waals surface area contributed by atoms with E-state index >= 15 is 0 Å². The molecule has 1 atom stereocenters. The molecule has 0 radical (unpaired) electrons. The predicted octanol–water partition coefficient (Wildman–Crippen LogP) is 4.60. The summed E-state index contributed by atoms with van der Waals surface area (Å²) in [5.74, 6) is 0.544. The first-order valence-electron chi connectivity index (χ1n) is 12.9. The van der Waals surface area contributed by atoms with E-state index in [0.717, 1.165) is 24.0 Å². The number of piperidine rings is 1. The molecule has 1 aromatic carbocycles. The van der Waals surface area contributed by atoms with Gasteiger partial charge in [0.2, 0.25) is 0 Å². The van der Waals surface area contributed by atoms with Crippen LogP contribution < -0.4 is 11.1 Å². The number of pyridine rings is 1. The fourth-order valence-corrected chi connectivity index (χ4v) is 4.67. The number of hydrogen-bond donors (Lipinski definition) is 2. The van der Waals surface area contributed by atoms with Gasteiger partial charge in [-0.2, -0.15) is 5.10 Å². The van der Waals surface area contributed by atoms with Gasteiger partial charge in [0.1, 0.15) is 29.3 Å². The van der Waals surface area contributed by atoms with E-state index in [-0.39, 0.29) is 18.0 Å². The first-order valence-corrected chi connectivity index (χ1v) is 12.9. The molecule has 0 bridgehead atoms. The normalized spacial score (nSPS) is 15.8. The average molecular weight is 529 g/mol. The van der Waals surface area contributed by atoms with Crippen LogP contribution in [-0.4, -0.2) is 60.3 Å². The number of aryl methyl sites for hydroxylation is 1. The summed E-state index contributed by atoms with van der Waals surface area (Å²) in [5.41, 5.74) is 9.19. The van der Waals surface area contributed by atoms with E-state index in [1.165, 1.54) is 6.33 Å².